The van der Waals surface area contributed by atoms with Gasteiger partial charge >= 0.3 is 6.03 Å². The van der Waals surface area contributed by atoms with E-state index in [1.54, 1.807) is 12.1 Å². The molecule has 2 aliphatic carbocycles. The van der Waals surface area contributed by atoms with Crippen molar-refractivity contribution in [3.63, 3.8) is 0 Å². The van der Waals surface area contributed by atoms with Crippen molar-refractivity contribution in [2.45, 2.75) is 63.3 Å². The normalized spacial score (nSPS) is 18.6. The van der Waals surface area contributed by atoms with E-state index in [4.69, 9.17) is 14.2 Å². The van der Waals surface area contributed by atoms with E-state index in [1.165, 1.54) is 13.5 Å². The lowest BCUT2D eigenvalue weighted by molar-refractivity contribution is -0.105. The zero-order valence-electron chi connectivity index (χ0n) is 17.7. The summed E-state index contributed by atoms with van der Waals surface area (Å²) in [7, 11) is 1.52. The summed E-state index contributed by atoms with van der Waals surface area (Å²) in [6.07, 6.45) is 7.21. The van der Waals surface area contributed by atoms with Crippen molar-refractivity contribution >= 4 is 11.7 Å². The molecule has 2 N–H and O–H groups in total. The summed E-state index contributed by atoms with van der Waals surface area (Å²) >= 11 is 0. The number of rotatable bonds is 5. The van der Waals surface area contributed by atoms with E-state index in [0.29, 0.717) is 23.7 Å². The number of carbonyl (C=O) groups excluding carboxylic acids is 1. The zero-order chi connectivity index (χ0) is 21.4. The molecule has 2 aromatic carbocycles. The molecule has 0 aromatic heterocycles. The lowest BCUT2D eigenvalue weighted by Gasteiger charge is -2.31. The summed E-state index contributed by atoms with van der Waals surface area (Å²) in [5.41, 5.74) is 1.59. The number of urea groups is 1. The molecule has 164 valence electrons. The van der Waals surface area contributed by atoms with E-state index in [0.717, 1.165) is 49.8 Å². The van der Waals surface area contributed by atoms with Crippen molar-refractivity contribution in [1.82, 2.24) is 4.90 Å². The average molecular weight is 424 g/mol. The van der Waals surface area contributed by atoms with Crippen LogP contribution in [0.5, 0.6) is 23.0 Å². The van der Waals surface area contributed by atoms with Gasteiger partial charge in [0.05, 0.1) is 7.11 Å². The summed E-state index contributed by atoms with van der Waals surface area (Å²) in [5, 5.41) is 12.8. The number of nitrogens with zero attached hydrogens (tertiary/aromatic N) is 1. The molecule has 2 amide bonds. The van der Waals surface area contributed by atoms with Crippen LogP contribution in [0.15, 0.2) is 36.4 Å². The van der Waals surface area contributed by atoms with Crippen molar-refractivity contribution in [2.75, 3.05) is 12.4 Å². The summed E-state index contributed by atoms with van der Waals surface area (Å²) in [6.45, 7) is 0.445. The summed E-state index contributed by atoms with van der Waals surface area (Å²) in [5.74, 6) is 1.41. The number of hydrogen-bond donors (Lipinski definition) is 2. The van der Waals surface area contributed by atoms with Crippen LogP contribution < -0.4 is 19.5 Å². The number of benzene rings is 2. The topological polar surface area (TPSA) is 80.3 Å². The monoisotopic (exact) mass is 424 g/mol. The first-order valence-corrected chi connectivity index (χ1v) is 11.0. The Morgan fingerprint density at radius 1 is 1.13 bits per heavy atom. The molecule has 1 heterocycles. The van der Waals surface area contributed by atoms with Crippen LogP contribution in [0.25, 0.3) is 0 Å². The maximum Gasteiger partial charge on any atom is 0.322 e. The number of aromatic hydroxyl groups is 1. The molecule has 2 fully saturated rings. The molecule has 0 unspecified atom stereocenters. The van der Waals surface area contributed by atoms with Crippen molar-refractivity contribution in [2.24, 2.45) is 0 Å². The van der Waals surface area contributed by atoms with Crippen LogP contribution >= 0.6 is 0 Å². The number of hydrogen-bond acceptors (Lipinski definition) is 5. The first-order chi connectivity index (χ1) is 15.0. The van der Waals surface area contributed by atoms with E-state index in [-0.39, 0.29) is 17.8 Å². The first kappa shape index (κ1) is 19.8. The minimum absolute atomic E-state index is 0.0878. The Kier molecular flexibility index (Phi) is 5.04. The van der Waals surface area contributed by atoms with Crippen LogP contribution in [-0.2, 0) is 6.54 Å². The van der Waals surface area contributed by atoms with Gasteiger partial charge in [0.1, 0.15) is 0 Å². The standard InChI is InChI=1S/C24H28N2O5/c1-29-21-13-16(5-9-19(21)27)15-26(18-7-8-18)23(28)25-17-6-10-20-22(14-17)31-24(30-20)11-3-2-4-12-24/h5-6,9-10,13-14,18,27H,2-4,7-8,11-12,15H2,1H3,(H,25,28). The lowest BCUT2D eigenvalue weighted by atomic mass is 9.94. The number of anilines is 1. The predicted molar refractivity (Wildman–Crippen MR) is 116 cm³/mol. The number of fused-ring (bicyclic) bond motifs is 1. The largest absolute Gasteiger partial charge is 0.504 e. The highest BCUT2D eigenvalue weighted by atomic mass is 16.7. The number of amides is 2. The third kappa shape index (κ3) is 4.09. The number of phenols is 1. The van der Waals surface area contributed by atoms with Gasteiger partial charge in [-0.15, -0.1) is 0 Å². The first-order valence-electron chi connectivity index (χ1n) is 11.0. The molecule has 2 aromatic rings. The second-order valence-corrected chi connectivity index (χ2v) is 8.63. The zero-order valence-corrected chi connectivity index (χ0v) is 17.7. The Morgan fingerprint density at radius 3 is 2.65 bits per heavy atom. The number of carbonyl (C=O) groups is 1. The second-order valence-electron chi connectivity index (χ2n) is 8.63. The lowest BCUT2D eigenvalue weighted by Crippen LogP contribution is -2.40. The summed E-state index contributed by atoms with van der Waals surface area (Å²) < 4.78 is 17.5. The van der Waals surface area contributed by atoms with Gasteiger partial charge in [0.15, 0.2) is 23.0 Å². The molecule has 0 radical (unpaired) electrons. The fraction of sp³-hybridized carbons (Fsp3) is 0.458. The molecule has 5 rings (SSSR count). The Hall–Kier alpha value is -3.09. The number of methoxy groups -OCH3 is 1. The molecule has 31 heavy (non-hydrogen) atoms. The van der Waals surface area contributed by atoms with Crippen molar-refractivity contribution in [1.29, 1.82) is 0 Å². The van der Waals surface area contributed by atoms with Crippen LogP contribution in [0.3, 0.4) is 0 Å². The van der Waals surface area contributed by atoms with E-state index in [1.807, 2.05) is 29.2 Å². The van der Waals surface area contributed by atoms with Crippen molar-refractivity contribution in [3.05, 3.63) is 42.0 Å². The quantitative estimate of drug-likeness (QED) is 0.704. The molecule has 1 aliphatic heterocycles. The highest BCUT2D eigenvalue weighted by Gasteiger charge is 2.42. The second kappa shape index (κ2) is 7.87. The maximum atomic E-state index is 13.1. The van der Waals surface area contributed by atoms with Crippen LogP contribution in [-0.4, -0.2) is 35.0 Å². The van der Waals surface area contributed by atoms with Gasteiger partial charge in [0, 0.05) is 37.2 Å². The van der Waals surface area contributed by atoms with Gasteiger partial charge in [0.2, 0.25) is 0 Å². The van der Waals surface area contributed by atoms with Gasteiger partial charge in [-0.2, -0.15) is 0 Å². The molecule has 0 atom stereocenters. The maximum absolute atomic E-state index is 13.1. The molecule has 3 aliphatic rings. The minimum Gasteiger partial charge on any atom is -0.504 e. The third-order valence-electron chi connectivity index (χ3n) is 6.25. The number of nitrogens with one attached hydrogen (secondary N) is 1. The van der Waals surface area contributed by atoms with Crippen LogP contribution in [0.1, 0.15) is 50.5 Å². The highest BCUT2D eigenvalue weighted by molar-refractivity contribution is 5.90. The Balaban J connectivity index is 1.28. The van der Waals surface area contributed by atoms with Gasteiger partial charge in [-0.1, -0.05) is 12.5 Å². The van der Waals surface area contributed by atoms with Crippen LogP contribution in [0.2, 0.25) is 0 Å². The molecule has 7 heteroatoms. The molecule has 1 spiro atoms. The Morgan fingerprint density at radius 2 is 1.90 bits per heavy atom. The molecular weight excluding hydrogens is 396 g/mol. The smallest absolute Gasteiger partial charge is 0.322 e. The van der Waals surface area contributed by atoms with Gasteiger partial charge in [-0.25, -0.2) is 4.79 Å². The van der Waals surface area contributed by atoms with Gasteiger partial charge in [0.25, 0.3) is 5.79 Å². The minimum atomic E-state index is -0.527. The SMILES string of the molecule is COc1cc(CN(C(=O)Nc2ccc3c(c2)OC2(CCCCC2)O3)C2CC2)ccc1O. The Labute approximate surface area is 181 Å². The molecule has 0 saturated heterocycles. The molecular formula is C24H28N2O5. The van der Waals surface area contributed by atoms with Crippen LogP contribution in [0, 0.1) is 0 Å². The molecule has 2 saturated carbocycles. The summed E-state index contributed by atoms with van der Waals surface area (Å²) in [4.78, 5) is 14.9. The van der Waals surface area contributed by atoms with Crippen molar-refractivity contribution < 1.29 is 24.1 Å². The number of phenolic OH excluding ortho intramolecular Hbond substituents is 1. The van der Waals surface area contributed by atoms with Crippen molar-refractivity contribution in [3.8, 4) is 23.0 Å². The third-order valence-corrected chi connectivity index (χ3v) is 6.25. The van der Waals surface area contributed by atoms with Gasteiger partial charge < -0.3 is 29.5 Å². The van der Waals surface area contributed by atoms with E-state index in [2.05, 4.69) is 5.32 Å². The fourth-order valence-electron chi connectivity index (χ4n) is 4.43. The molecule has 0 bridgehead atoms. The van der Waals surface area contributed by atoms with Crippen LogP contribution in [0.4, 0.5) is 10.5 Å². The predicted octanol–water partition coefficient (Wildman–Crippen LogP) is 5.03. The van der Waals surface area contributed by atoms with Gasteiger partial charge in [-0.05, 0) is 55.5 Å². The fourth-order valence-corrected chi connectivity index (χ4v) is 4.43. The van der Waals surface area contributed by atoms with E-state index < -0.39 is 5.79 Å². The highest BCUT2D eigenvalue weighted by Crippen LogP contribution is 2.46. The average Bonchev–Trinajstić information content (AvgIpc) is 3.55. The number of ether oxygens (including phenoxy) is 3. The van der Waals surface area contributed by atoms with E-state index in [9.17, 15) is 9.90 Å². The summed E-state index contributed by atoms with van der Waals surface area (Å²) in [6, 6.07) is 10.8. The Bertz CT molecular complexity index is 982. The molecule has 7 nitrogen and oxygen atoms in total. The van der Waals surface area contributed by atoms with Gasteiger partial charge in [-0.3, -0.25) is 0 Å². The van der Waals surface area contributed by atoms with E-state index >= 15 is 0 Å².